The van der Waals surface area contributed by atoms with Crippen molar-refractivity contribution in [2.75, 3.05) is 4.72 Å². The van der Waals surface area contributed by atoms with E-state index in [0.717, 1.165) is 14.5 Å². The van der Waals surface area contributed by atoms with Crippen LogP contribution in [0.4, 0.5) is 5.69 Å². The molecule has 0 aromatic heterocycles. The lowest BCUT2D eigenvalue weighted by Crippen LogP contribution is -2.14. The molecule has 3 nitrogen and oxygen atoms in total. The molecule has 2 aromatic carbocycles. The topological polar surface area (TPSA) is 46.2 Å². The monoisotopic (exact) mass is 417 g/mol. The van der Waals surface area contributed by atoms with Crippen molar-refractivity contribution in [2.24, 2.45) is 0 Å². The molecule has 0 aliphatic carbocycles. The molecule has 0 aliphatic rings. The van der Waals surface area contributed by atoms with E-state index in [1.807, 2.05) is 19.1 Å². The van der Waals surface area contributed by atoms with Gasteiger partial charge in [-0.1, -0.05) is 44.0 Å². The minimum absolute atomic E-state index is 0.267. The van der Waals surface area contributed by atoms with Gasteiger partial charge >= 0.3 is 0 Å². The fourth-order valence-electron chi connectivity index (χ4n) is 1.73. The summed E-state index contributed by atoms with van der Waals surface area (Å²) in [5.41, 5.74) is 2.28. The van der Waals surface area contributed by atoms with Crippen LogP contribution in [0.5, 0.6) is 0 Å². The second-order valence-corrected chi connectivity index (χ2v) is 7.90. The molecule has 6 heteroatoms. The molecular weight excluding hydrogens is 406 g/mol. The van der Waals surface area contributed by atoms with Crippen LogP contribution in [0.25, 0.3) is 0 Å². The predicted molar refractivity (Wildman–Crippen MR) is 88.6 cm³/mol. The van der Waals surface area contributed by atoms with Crippen molar-refractivity contribution in [2.45, 2.75) is 18.7 Å². The van der Waals surface area contributed by atoms with Crippen molar-refractivity contribution in [3.05, 3.63) is 56.5 Å². The molecule has 0 bridgehead atoms. The first-order valence-electron chi connectivity index (χ1n) is 5.85. The molecule has 0 saturated heterocycles. The van der Waals surface area contributed by atoms with Crippen molar-refractivity contribution in [1.82, 2.24) is 0 Å². The maximum atomic E-state index is 12.4. The van der Waals surface area contributed by atoms with Gasteiger partial charge in [-0.25, -0.2) is 8.42 Å². The predicted octanol–water partition coefficient (Wildman–Crippen LogP) is 4.63. The van der Waals surface area contributed by atoms with E-state index in [1.165, 1.54) is 0 Å². The maximum Gasteiger partial charge on any atom is 0.262 e. The van der Waals surface area contributed by atoms with Gasteiger partial charge in [-0.2, -0.15) is 0 Å². The molecule has 0 fully saturated rings. The maximum absolute atomic E-state index is 12.4. The molecule has 0 spiro atoms. The van der Waals surface area contributed by atoms with Gasteiger partial charge in [0.25, 0.3) is 10.0 Å². The van der Waals surface area contributed by atoms with E-state index in [1.54, 1.807) is 31.2 Å². The number of aryl methyl sites for hydroxylation is 2. The Bertz CT molecular complexity index is 758. The van der Waals surface area contributed by atoms with Gasteiger partial charge in [-0.05, 0) is 49.2 Å². The number of anilines is 1. The molecule has 2 aromatic rings. The van der Waals surface area contributed by atoms with Gasteiger partial charge in [0.15, 0.2) is 0 Å². The Morgan fingerprint density at radius 3 is 2.25 bits per heavy atom. The van der Waals surface area contributed by atoms with Crippen LogP contribution in [0.3, 0.4) is 0 Å². The molecule has 0 amide bonds. The van der Waals surface area contributed by atoms with Crippen LogP contribution in [0.15, 0.2) is 50.2 Å². The number of benzene rings is 2. The number of hydrogen-bond donors (Lipinski definition) is 1. The van der Waals surface area contributed by atoms with Crippen LogP contribution in [-0.4, -0.2) is 8.42 Å². The average Bonchev–Trinajstić information content (AvgIpc) is 2.36. The molecule has 0 aliphatic heterocycles. The van der Waals surface area contributed by atoms with Crippen LogP contribution >= 0.6 is 31.9 Å². The van der Waals surface area contributed by atoms with E-state index in [-0.39, 0.29) is 4.90 Å². The van der Waals surface area contributed by atoms with E-state index in [4.69, 9.17) is 0 Å². The number of hydrogen-bond acceptors (Lipinski definition) is 2. The van der Waals surface area contributed by atoms with Gasteiger partial charge in [0.2, 0.25) is 0 Å². The van der Waals surface area contributed by atoms with Crippen molar-refractivity contribution >= 4 is 47.6 Å². The van der Waals surface area contributed by atoms with Crippen LogP contribution in [0.2, 0.25) is 0 Å². The zero-order valence-electron chi connectivity index (χ0n) is 10.9. The second kappa shape index (κ2) is 5.87. The Labute approximate surface area is 135 Å². The molecule has 0 atom stereocenters. The number of rotatable bonds is 3. The van der Waals surface area contributed by atoms with Crippen molar-refractivity contribution in [1.29, 1.82) is 0 Å². The van der Waals surface area contributed by atoms with Crippen molar-refractivity contribution < 1.29 is 8.42 Å². The Balaban J connectivity index is 2.40. The van der Waals surface area contributed by atoms with Gasteiger partial charge in [0.1, 0.15) is 0 Å². The van der Waals surface area contributed by atoms with Gasteiger partial charge < -0.3 is 0 Å². The second-order valence-electron chi connectivity index (χ2n) is 4.48. The number of sulfonamides is 1. The lowest BCUT2D eigenvalue weighted by atomic mass is 10.2. The van der Waals surface area contributed by atoms with E-state index in [0.29, 0.717) is 11.3 Å². The fourth-order valence-corrected chi connectivity index (χ4v) is 3.94. The first-order valence-corrected chi connectivity index (χ1v) is 8.91. The van der Waals surface area contributed by atoms with E-state index < -0.39 is 10.0 Å². The summed E-state index contributed by atoms with van der Waals surface area (Å²) in [5, 5.41) is 0. The Hall–Kier alpha value is -0.850. The standard InChI is InChI=1S/C14H13Br2NO2S/c1-9-4-6-12(8-13(9)16)17-20(18,19)14-7-11(15)5-3-10(14)2/h3-8,17H,1-2H3. The van der Waals surface area contributed by atoms with Crippen LogP contribution < -0.4 is 4.72 Å². The zero-order valence-corrected chi connectivity index (χ0v) is 14.9. The Morgan fingerprint density at radius 1 is 0.950 bits per heavy atom. The summed E-state index contributed by atoms with van der Waals surface area (Å²) < 4.78 is 29.0. The summed E-state index contributed by atoms with van der Waals surface area (Å²) in [4.78, 5) is 0.267. The Kier molecular flexibility index (Phi) is 4.56. The third kappa shape index (κ3) is 3.42. The highest BCUT2D eigenvalue weighted by Crippen LogP contribution is 2.25. The van der Waals surface area contributed by atoms with Crippen molar-refractivity contribution in [3.8, 4) is 0 Å². The third-order valence-corrected chi connectivity index (χ3v) is 5.73. The van der Waals surface area contributed by atoms with Crippen molar-refractivity contribution in [3.63, 3.8) is 0 Å². The summed E-state index contributed by atoms with van der Waals surface area (Å²) >= 11 is 6.69. The van der Waals surface area contributed by atoms with Crippen LogP contribution in [0.1, 0.15) is 11.1 Å². The summed E-state index contributed by atoms with van der Waals surface area (Å²) in [6.45, 7) is 3.72. The number of halogens is 2. The summed E-state index contributed by atoms with van der Waals surface area (Å²) in [6.07, 6.45) is 0. The molecule has 0 unspecified atom stereocenters. The summed E-state index contributed by atoms with van der Waals surface area (Å²) in [7, 11) is -3.60. The average molecular weight is 419 g/mol. The first-order chi connectivity index (χ1) is 9.29. The molecule has 0 radical (unpaired) electrons. The molecule has 0 saturated carbocycles. The van der Waals surface area contributed by atoms with Gasteiger partial charge in [-0.15, -0.1) is 0 Å². The van der Waals surface area contributed by atoms with Crippen LogP contribution in [0, 0.1) is 13.8 Å². The van der Waals surface area contributed by atoms with Gasteiger partial charge in [-0.3, -0.25) is 4.72 Å². The summed E-state index contributed by atoms with van der Waals surface area (Å²) in [5.74, 6) is 0. The van der Waals surface area contributed by atoms with E-state index in [2.05, 4.69) is 36.6 Å². The fraction of sp³-hybridized carbons (Fsp3) is 0.143. The lowest BCUT2D eigenvalue weighted by molar-refractivity contribution is 0.600. The third-order valence-electron chi connectivity index (χ3n) is 2.86. The smallest absolute Gasteiger partial charge is 0.262 e. The van der Waals surface area contributed by atoms with Gasteiger partial charge in [0, 0.05) is 14.6 Å². The molecule has 1 N–H and O–H groups in total. The molecular formula is C14H13Br2NO2S. The molecule has 20 heavy (non-hydrogen) atoms. The van der Waals surface area contributed by atoms with E-state index >= 15 is 0 Å². The SMILES string of the molecule is Cc1ccc(NS(=O)(=O)c2cc(Br)ccc2C)cc1Br. The molecule has 0 heterocycles. The normalized spacial score (nSPS) is 11.4. The highest BCUT2D eigenvalue weighted by molar-refractivity contribution is 9.10. The molecule has 106 valence electrons. The first kappa shape index (κ1) is 15.5. The summed E-state index contributed by atoms with van der Waals surface area (Å²) in [6, 6.07) is 10.5. The highest BCUT2D eigenvalue weighted by Gasteiger charge is 2.17. The minimum Gasteiger partial charge on any atom is -0.280 e. The Morgan fingerprint density at radius 2 is 1.60 bits per heavy atom. The largest absolute Gasteiger partial charge is 0.280 e. The lowest BCUT2D eigenvalue weighted by Gasteiger charge is -2.11. The zero-order chi connectivity index (χ0) is 14.9. The van der Waals surface area contributed by atoms with Gasteiger partial charge in [0.05, 0.1) is 4.90 Å². The highest BCUT2D eigenvalue weighted by atomic mass is 79.9. The quantitative estimate of drug-likeness (QED) is 0.789. The minimum atomic E-state index is -3.60. The van der Waals surface area contributed by atoms with Crippen LogP contribution in [-0.2, 0) is 10.0 Å². The number of nitrogens with one attached hydrogen (secondary N) is 1. The molecule has 2 rings (SSSR count). The van der Waals surface area contributed by atoms with E-state index in [9.17, 15) is 8.42 Å².